The maximum Gasteiger partial charge on any atom is 0.322 e. The predicted molar refractivity (Wildman–Crippen MR) is 141 cm³/mol. The first-order chi connectivity index (χ1) is 17.1. The topological polar surface area (TPSA) is 46.5 Å². The highest BCUT2D eigenvalue weighted by Crippen LogP contribution is 2.44. The number of anilines is 1. The number of urea groups is 1. The smallest absolute Gasteiger partial charge is 0.322 e. The maximum absolute atomic E-state index is 13.9. The standard InChI is InChI=1S/C28H26ClN3O2S/c1-34-21-7-4-6-18(16-21)26-24-9-5-15-31(24)27-23(22-8-2-3-10-25(22)35-27)17-32(26)28(33)30-20-13-11-19(29)12-14-20/h4-7,9,11-16,26H,2-3,8,10,17H2,1H3,(H,30,33)/t26-/m0/s1. The Balaban J connectivity index is 1.50. The van der Waals surface area contributed by atoms with Crippen molar-refractivity contribution in [1.82, 2.24) is 9.47 Å². The Labute approximate surface area is 213 Å². The van der Waals surface area contributed by atoms with Gasteiger partial charge in [-0.3, -0.25) is 0 Å². The van der Waals surface area contributed by atoms with Crippen LogP contribution in [0.1, 0.15) is 46.1 Å². The van der Waals surface area contributed by atoms with Crippen LogP contribution < -0.4 is 10.1 Å². The summed E-state index contributed by atoms with van der Waals surface area (Å²) in [5.74, 6) is 0.773. The van der Waals surface area contributed by atoms with Gasteiger partial charge < -0.3 is 19.5 Å². The summed E-state index contributed by atoms with van der Waals surface area (Å²) in [5, 5.41) is 4.99. The highest BCUT2D eigenvalue weighted by atomic mass is 35.5. The maximum atomic E-state index is 13.9. The van der Waals surface area contributed by atoms with Crippen molar-refractivity contribution in [3.63, 3.8) is 0 Å². The molecule has 4 aromatic rings. The molecular weight excluding hydrogens is 478 g/mol. The summed E-state index contributed by atoms with van der Waals surface area (Å²) in [5.41, 5.74) is 5.52. The lowest BCUT2D eigenvalue weighted by Crippen LogP contribution is -2.38. The van der Waals surface area contributed by atoms with Gasteiger partial charge in [0.1, 0.15) is 10.8 Å². The van der Waals surface area contributed by atoms with Crippen LogP contribution in [0.15, 0.2) is 66.9 Å². The Bertz CT molecular complexity index is 1390. The van der Waals surface area contributed by atoms with Crippen molar-refractivity contribution in [2.24, 2.45) is 0 Å². The van der Waals surface area contributed by atoms with Crippen molar-refractivity contribution in [3.05, 3.63) is 99.1 Å². The van der Waals surface area contributed by atoms with Crippen LogP contribution in [0.25, 0.3) is 5.00 Å². The SMILES string of the molecule is COc1cccc([C@H]2c3cccn3-c3sc4c(c3CN2C(=O)Nc2ccc(Cl)cc2)CCCC4)c1. The van der Waals surface area contributed by atoms with Gasteiger partial charge in [0.25, 0.3) is 0 Å². The van der Waals surface area contributed by atoms with Crippen molar-refractivity contribution < 1.29 is 9.53 Å². The van der Waals surface area contributed by atoms with Crippen LogP contribution in [0.2, 0.25) is 5.02 Å². The number of aromatic nitrogens is 1. The molecule has 0 saturated carbocycles. The van der Waals surface area contributed by atoms with Crippen LogP contribution >= 0.6 is 22.9 Å². The molecule has 2 aromatic heterocycles. The number of aryl methyl sites for hydroxylation is 1. The molecule has 0 bridgehead atoms. The Hall–Kier alpha value is -3.22. The first-order valence-electron chi connectivity index (χ1n) is 11.9. The first kappa shape index (κ1) is 22.3. The minimum atomic E-state index is -0.272. The lowest BCUT2D eigenvalue weighted by Gasteiger charge is -2.31. The van der Waals surface area contributed by atoms with Gasteiger partial charge in [0.2, 0.25) is 0 Å². The molecule has 35 heavy (non-hydrogen) atoms. The van der Waals surface area contributed by atoms with Gasteiger partial charge in [0.05, 0.1) is 25.4 Å². The number of amides is 2. The van der Waals surface area contributed by atoms with E-state index in [1.807, 2.05) is 46.6 Å². The van der Waals surface area contributed by atoms with E-state index in [0.717, 1.165) is 35.5 Å². The van der Waals surface area contributed by atoms with Crippen LogP contribution in [0.5, 0.6) is 5.75 Å². The molecule has 0 spiro atoms. The van der Waals surface area contributed by atoms with Crippen LogP contribution in [-0.4, -0.2) is 22.6 Å². The fourth-order valence-electron chi connectivity index (χ4n) is 5.28. The van der Waals surface area contributed by atoms with Gasteiger partial charge in [-0.25, -0.2) is 4.79 Å². The zero-order chi connectivity index (χ0) is 23.9. The van der Waals surface area contributed by atoms with E-state index in [0.29, 0.717) is 11.6 Å². The van der Waals surface area contributed by atoms with Crippen molar-refractivity contribution in [1.29, 1.82) is 0 Å². The molecule has 3 heterocycles. The first-order valence-corrected chi connectivity index (χ1v) is 13.1. The van der Waals surface area contributed by atoms with E-state index in [-0.39, 0.29) is 12.1 Å². The summed E-state index contributed by atoms with van der Waals surface area (Å²) in [7, 11) is 1.67. The second kappa shape index (κ2) is 9.10. The van der Waals surface area contributed by atoms with Crippen LogP contribution in [0.4, 0.5) is 10.5 Å². The highest BCUT2D eigenvalue weighted by molar-refractivity contribution is 7.15. The van der Waals surface area contributed by atoms with Gasteiger partial charge in [0.15, 0.2) is 0 Å². The Morgan fingerprint density at radius 2 is 1.89 bits per heavy atom. The van der Waals surface area contributed by atoms with E-state index in [1.165, 1.54) is 33.8 Å². The largest absolute Gasteiger partial charge is 0.497 e. The minimum absolute atomic E-state index is 0.142. The molecule has 2 amide bonds. The molecule has 7 heteroatoms. The number of carbonyl (C=O) groups is 1. The fourth-order valence-corrected chi connectivity index (χ4v) is 6.81. The van der Waals surface area contributed by atoms with Gasteiger partial charge in [-0.05, 0) is 85.3 Å². The van der Waals surface area contributed by atoms with E-state index < -0.39 is 0 Å². The number of carbonyl (C=O) groups excluding carboxylic acids is 1. The summed E-state index contributed by atoms with van der Waals surface area (Å²) >= 11 is 7.96. The predicted octanol–water partition coefficient (Wildman–Crippen LogP) is 7.22. The molecule has 1 aliphatic carbocycles. The normalized spacial score (nSPS) is 16.6. The van der Waals surface area contributed by atoms with E-state index >= 15 is 0 Å². The van der Waals surface area contributed by atoms with Crippen LogP contribution in [0, 0.1) is 0 Å². The van der Waals surface area contributed by atoms with E-state index in [1.54, 1.807) is 19.2 Å². The monoisotopic (exact) mass is 503 g/mol. The number of benzene rings is 2. The number of halogens is 1. The minimum Gasteiger partial charge on any atom is -0.497 e. The molecule has 2 aliphatic rings. The summed E-state index contributed by atoms with van der Waals surface area (Å²) in [4.78, 5) is 17.4. The average Bonchev–Trinajstić information content (AvgIpc) is 3.47. The van der Waals surface area contributed by atoms with Gasteiger partial charge >= 0.3 is 6.03 Å². The van der Waals surface area contributed by atoms with Gasteiger partial charge in [-0.1, -0.05) is 23.7 Å². The summed E-state index contributed by atoms with van der Waals surface area (Å²) in [6, 6.07) is 19.0. The molecule has 2 aromatic carbocycles. The molecule has 1 aliphatic heterocycles. The molecular formula is C28H26ClN3O2S. The number of methoxy groups -OCH3 is 1. The zero-order valence-electron chi connectivity index (χ0n) is 19.5. The van der Waals surface area contributed by atoms with Gasteiger partial charge in [0, 0.05) is 27.3 Å². The number of ether oxygens (including phenoxy) is 1. The lowest BCUT2D eigenvalue weighted by atomic mass is 9.95. The third-order valence-corrected chi connectivity index (χ3v) is 8.53. The number of hydrogen-bond acceptors (Lipinski definition) is 3. The average molecular weight is 504 g/mol. The van der Waals surface area contributed by atoms with E-state index in [4.69, 9.17) is 16.3 Å². The highest BCUT2D eigenvalue weighted by Gasteiger charge is 2.36. The number of nitrogens with one attached hydrogen (secondary N) is 1. The second-order valence-electron chi connectivity index (χ2n) is 9.04. The fraction of sp³-hybridized carbons (Fsp3) is 0.250. The molecule has 0 radical (unpaired) electrons. The third-order valence-electron chi connectivity index (χ3n) is 6.94. The third kappa shape index (κ3) is 4.01. The lowest BCUT2D eigenvalue weighted by molar-refractivity contribution is 0.194. The van der Waals surface area contributed by atoms with Crippen molar-refractivity contribution in [2.75, 3.05) is 12.4 Å². The molecule has 6 rings (SSSR count). The number of hydrogen-bond donors (Lipinski definition) is 1. The Morgan fingerprint density at radius 3 is 2.71 bits per heavy atom. The second-order valence-corrected chi connectivity index (χ2v) is 10.6. The Kier molecular flexibility index (Phi) is 5.78. The van der Waals surface area contributed by atoms with Gasteiger partial charge in [-0.2, -0.15) is 0 Å². The number of thiophene rings is 1. The molecule has 0 saturated heterocycles. The quantitative estimate of drug-likeness (QED) is 0.321. The molecule has 1 atom stereocenters. The number of fused-ring (bicyclic) bond motifs is 5. The summed E-state index contributed by atoms with van der Waals surface area (Å²) < 4.78 is 7.82. The zero-order valence-corrected chi connectivity index (χ0v) is 21.0. The summed E-state index contributed by atoms with van der Waals surface area (Å²) in [6.07, 6.45) is 6.77. The van der Waals surface area contributed by atoms with E-state index in [9.17, 15) is 4.79 Å². The van der Waals surface area contributed by atoms with Crippen LogP contribution in [-0.2, 0) is 19.4 Å². The molecule has 1 N–H and O–H groups in total. The number of nitrogens with zero attached hydrogens (tertiary/aromatic N) is 2. The number of rotatable bonds is 3. The van der Waals surface area contributed by atoms with Gasteiger partial charge in [-0.15, -0.1) is 11.3 Å². The van der Waals surface area contributed by atoms with Crippen molar-refractivity contribution >= 4 is 34.7 Å². The molecule has 178 valence electrons. The Morgan fingerprint density at radius 1 is 1.06 bits per heavy atom. The van der Waals surface area contributed by atoms with Crippen molar-refractivity contribution in [2.45, 2.75) is 38.3 Å². The molecule has 0 fully saturated rings. The van der Waals surface area contributed by atoms with E-state index in [2.05, 4.69) is 34.3 Å². The molecule has 0 unspecified atom stereocenters. The van der Waals surface area contributed by atoms with Crippen LogP contribution in [0.3, 0.4) is 0 Å². The summed E-state index contributed by atoms with van der Waals surface area (Å²) in [6.45, 7) is 0.546. The molecule has 5 nitrogen and oxygen atoms in total. The van der Waals surface area contributed by atoms with Crippen molar-refractivity contribution in [3.8, 4) is 10.8 Å².